The average molecular weight is 236 g/mol. The molecule has 0 aliphatic carbocycles. The predicted octanol–water partition coefficient (Wildman–Crippen LogP) is 1.28. The smallest absolute Gasteiger partial charge is 0.245 e. The van der Waals surface area contributed by atoms with Crippen LogP contribution in [0.15, 0.2) is 24.5 Å². The van der Waals surface area contributed by atoms with Gasteiger partial charge in [-0.05, 0) is 37.8 Å². The van der Waals surface area contributed by atoms with Crippen molar-refractivity contribution in [3.63, 3.8) is 0 Å². The van der Waals surface area contributed by atoms with E-state index in [1.807, 2.05) is 40.9 Å². The lowest BCUT2D eigenvalue weighted by molar-refractivity contribution is -0.135. The molecule has 1 aromatic heterocycles. The van der Waals surface area contributed by atoms with Crippen LogP contribution in [-0.2, 0) is 4.79 Å². The van der Waals surface area contributed by atoms with E-state index in [4.69, 9.17) is 5.11 Å². The zero-order valence-corrected chi connectivity index (χ0v) is 10.2. The van der Waals surface area contributed by atoms with Crippen molar-refractivity contribution in [2.75, 3.05) is 19.7 Å². The monoisotopic (exact) mass is 236 g/mol. The minimum atomic E-state index is -0.129. The second-order valence-electron chi connectivity index (χ2n) is 4.76. The number of piperidine rings is 1. The molecule has 1 atom stereocenters. The third-order valence-corrected chi connectivity index (χ3v) is 3.62. The van der Waals surface area contributed by atoms with E-state index in [1.54, 1.807) is 0 Å². The van der Waals surface area contributed by atoms with Crippen molar-refractivity contribution in [3.8, 4) is 0 Å². The van der Waals surface area contributed by atoms with Crippen molar-refractivity contribution < 1.29 is 9.90 Å². The maximum absolute atomic E-state index is 12.2. The highest BCUT2D eigenvalue weighted by Crippen LogP contribution is 2.19. The lowest BCUT2D eigenvalue weighted by Gasteiger charge is -2.33. The van der Waals surface area contributed by atoms with Gasteiger partial charge in [0.2, 0.25) is 5.91 Å². The highest BCUT2D eigenvalue weighted by Gasteiger charge is 2.25. The lowest BCUT2D eigenvalue weighted by atomic mass is 9.97. The topological polar surface area (TPSA) is 45.5 Å². The predicted molar refractivity (Wildman–Crippen MR) is 65.5 cm³/mol. The van der Waals surface area contributed by atoms with Crippen molar-refractivity contribution in [2.24, 2.45) is 5.92 Å². The number of aliphatic hydroxyl groups is 1. The number of aliphatic hydroxyl groups excluding tert-OH is 1. The van der Waals surface area contributed by atoms with Crippen LogP contribution in [-0.4, -0.2) is 40.2 Å². The summed E-state index contributed by atoms with van der Waals surface area (Å²) < 4.78 is 1.93. The summed E-state index contributed by atoms with van der Waals surface area (Å²) in [5, 5.41) is 9.07. The number of carbonyl (C=O) groups excluding carboxylic acids is 1. The molecule has 0 spiro atoms. The first-order valence-electron chi connectivity index (χ1n) is 6.24. The Morgan fingerprint density at radius 2 is 1.94 bits per heavy atom. The van der Waals surface area contributed by atoms with E-state index in [9.17, 15) is 4.79 Å². The Bertz CT molecular complexity index is 354. The van der Waals surface area contributed by atoms with E-state index in [1.165, 1.54) is 0 Å². The number of amides is 1. The molecule has 1 saturated heterocycles. The van der Waals surface area contributed by atoms with Crippen LogP contribution >= 0.6 is 0 Å². The molecule has 4 heteroatoms. The summed E-state index contributed by atoms with van der Waals surface area (Å²) in [5.41, 5.74) is 0. The second-order valence-corrected chi connectivity index (χ2v) is 4.76. The largest absolute Gasteiger partial charge is 0.396 e. The Balaban J connectivity index is 1.93. The van der Waals surface area contributed by atoms with Crippen LogP contribution in [0.5, 0.6) is 0 Å². The van der Waals surface area contributed by atoms with E-state index in [0.717, 1.165) is 25.9 Å². The normalized spacial score (nSPS) is 19.3. The quantitative estimate of drug-likeness (QED) is 0.859. The van der Waals surface area contributed by atoms with Gasteiger partial charge >= 0.3 is 0 Å². The molecule has 1 unspecified atom stereocenters. The first-order valence-corrected chi connectivity index (χ1v) is 6.24. The summed E-state index contributed by atoms with van der Waals surface area (Å²) >= 11 is 0. The van der Waals surface area contributed by atoms with Crippen LogP contribution in [0.2, 0.25) is 0 Å². The third kappa shape index (κ3) is 2.69. The first-order chi connectivity index (χ1) is 8.22. The van der Waals surface area contributed by atoms with Crippen molar-refractivity contribution in [3.05, 3.63) is 24.5 Å². The fourth-order valence-electron chi connectivity index (χ4n) is 2.33. The zero-order chi connectivity index (χ0) is 12.3. The molecule has 1 fully saturated rings. The van der Waals surface area contributed by atoms with Gasteiger partial charge in [-0.25, -0.2) is 0 Å². The molecule has 0 bridgehead atoms. The molecular formula is C13H20N2O2. The third-order valence-electron chi connectivity index (χ3n) is 3.62. The SMILES string of the molecule is CC(C(=O)N1CCC(CO)CC1)n1cccc1. The lowest BCUT2D eigenvalue weighted by Crippen LogP contribution is -2.42. The maximum Gasteiger partial charge on any atom is 0.245 e. The molecule has 94 valence electrons. The first kappa shape index (κ1) is 12.2. The van der Waals surface area contributed by atoms with Crippen LogP contribution in [0.25, 0.3) is 0 Å². The van der Waals surface area contributed by atoms with Gasteiger partial charge in [0.05, 0.1) is 0 Å². The van der Waals surface area contributed by atoms with E-state index >= 15 is 0 Å². The Morgan fingerprint density at radius 3 is 2.47 bits per heavy atom. The standard InChI is InChI=1S/C13H20N2O2/c1-11(14-6-2-3-7-14)13(17)15-8-4-12(10-16)5-9-15/h2-3,6-7,11-12,16H,4-5,8-10H2,1H3. The Labute approximate surface area is 102 Å². The summed E-state index contributed by atoms with van der Waals surface area (Å²) in [6, 6.07) is 3.74. The number of hydrogen-bond acceptors (Lipinski definition) is 2. The van der Waals surface area contributed by atoms with Gasteiger partial charge < -0.3 is 14.6 Å². The Kier molecular flexibility index (Phi) is 3.84. The molecule has 2 heterocycles. The van der Waals surface area contributed by atoms with Crippen LogP contribution in [0.3, 0.4) is 0 Å². The van der Waals surface area contributed by atoms with Crippen molar-refractivity contribution in [1.29, 1.82) is 0 Å². The highest BCUT2D eigenvalue weighted by atomic mass is 16.3. The van der Waals surface area contributed by atoms with Gasteiger partial charge in [0.1, 0.15) is 6.04 Å². The van der Waals surface area contributed by atoms with Gasteiger partial charge in [0.25, 0.3) is 0 Å². The molecule has 1 N–H and O–H groups in total. The molecule has 1 aliphatic rings. The van der Waals surface area contributed by atoms with E-state index < -0.39 is 0 Å². The van der Waals surface area contributed by atoms with Gasteiger partial charge in [0, 0.05) is 32.1 Å². The number of carbonyl (C=O) groups is 1. The van der Waals surface area contributed by atoms with Crippen molar-refractivity contribution >= 4 is 5.91 Å². The van der Waals surface area contributed by atoms with Gasteiger partial charge in [0.15, 0.2) is 0 Å². The molecule has 1 aliphatic heterocycles. The molecule has 0 saturated carbocycles. The summed E-state index contributed by atoms with van der Waals surface area (Å²) in [5.74, 6) is 0.554. The van der Waals surface area contributed by atoms with E-state index in [2.05, 4.69) is 0 Å². The van der Waals surface area contributed by atoms with Gasteiger partial charge in [-0.15, -0.1) is 0 Å². The summed E-state index contributed by atoms with van der Waals surface area (Å²) in [6.07, 6.45) is 5.67. The number of nitrogens with zero attached hydrogens (tertiary/aromatic N) is 2. The second kappa shape index (κ2) is 5.36. The minimum absolute atomic E-state index is 0.129. The van der Waals surface area contributed by atoms with Gasteiger partial charge in [-0.3, -0.25) is 4.79 Å². The molecular weight excluding hydrogens is 216 g/mol. The molecule has 1 aromatic rings. The highest BCUT2D eigenvalue weighted by molar-refractivity contribution is 5.80. The van der Waals surface area contributed by atoms with Gasteiger partial charge in [-0.1, -0.05) is 0 Å². The number of rotatable bonds is 3. The molecule has 1 amide bonds. The van der Waals surface area contributed by atoms with Crippen LogP contribution in [0.4, 0.5) is 0 Å². The van der Waals surface area contributed by atoms with Crippen molar-refractivity contribution in [2.45, 2.75) is 25.8 Å². The molecule has 17 heavy (non-hydrogen) atoms. The van der Waals surface area contributed by atoms with E-state index in [-0.39, 0.29) is 18.6 Å². The summed E-state index contributed by atoms with van der Waals surface area (Å²) in [6.45, 7) is 3.72. The zero-order valence-electron chi connectivity index (χ0n) is 10.2. The van der Waals surface area contributed by atoms with Crippen molar-refractivity contribution in [1.82, 2.24) is 9.47 Å². The maximum atomic E-state index is 12.2. The summed E-state index contributed by atoms with van der Waals surface area (Å²) in [4.78, 5) is 14.1. The number of aromatic nitrogens is 1. The Morgan fingerprint density at radius 1 is 1.35 bits per heavy atom. The molecule has 0 radical (unpaired) electrons. The van der Waals surface area contributed by atoms with E-state index in [0.29, 0.717) is 5.92 Å². The summed E-state index contributed by atoms with van der Waals surface area (Å²) in [7, 11) is 0. The average Bonchev–Trinajstić information content (AvgIpc) is 2.91. The molecule has 0 aromatic carbocycles. The molecule has 2 rings (SSSR count). The fraction of sp³-hybridized carbons (Fsp3) is 0.615. The fourth-order valence-corrected chi connectivity index (χ4v) is 2.33. The van der Waals surface area contributed by atoms with Crippen LogP contribution < -0.4 is 0 Å². The number of hydrogen-bond donors (Lipinski definition) is 1. The van der Waals surface area contributed by atoms with Gasteiger partial charge in [-0.2, -0.15) is 0 Å². The molecule has 4 nitrogen and oxygen atoms in total. The number of likely N-dealkylation sites (tertiary alicyclic amines) is 1. The Hall–Kier alpha value is -1.29. The van der Waals surface area contributed by atoms with Crippen LogP contribution in [0.1, 0.15) is 25.8 Å². The van der Waals surface area contributed by atoms with Crippen LogP contribution in [0, 0.1) is 5.92 Å². The minimum Gasteiger partial charge on any atom is -0.396 e.